The second kappa shape index (κ2) is 40.8. The molecule has 0 spiro atoms. The topological polar surface area (TPSA) is 192 Å². The average Bonchev–Trinajstić information content (AvgIpc) is 3.27. The van der Waals surface area contributed by atoms with Crippen molar-refractivity contribution in [2.45, 2.75) is 256 Å². The molecule has 0 aromatic heterocycles. The first-order valence-electron chi connectivity index (χ1n) is 25.3. The fourth-order valence-corrected chi connectivity index (χ4v) is 8.65. The van der Waals surface area contributed by atoms with E-state index in [0.717, 1.165) is 57.8 Å². The Morgan fingerprint density at radius 1 is 0.508 bits per heavy atom. The summed E-state index contributed by atoms with van der Waals surface area (Å²) in [5, 5.41) is 50.3. The first kappa shape index (κ1) is 59.6. The molecule has 1 saturated carbocycles. The highest BCUT2D eigenvalue weighted by molar-refractivity contribution is 7.47. The molecule has 1 aliphatic carbocycles. The molecule has 0 aromatic rings. The number of esters is 1. The number of aliphatic hydroxyl groups is 5. The summed E-state index contributed by atoms with van der Waals surface area (Å²) in [4.78, 5) is 23.2. The lowest BCUT2D eigenvalue weighted by atomic mass is 9.85. The number of unbranched alkanes of at least 4 members (excludes halogenated alkanes) is 25. The molecule has 0 heterocycles. The van der Waals surface area contributed by atoms with E-state index in [2.05, 4.69) is 50.3 Å². The van der Waals surface area contributed by atoms with Crippen molar-refractivity contribution in [2.75, 3.05) is 19.8 Å². The third-order valence-corrected chi connectivity index (χ3v) is 12.7. The van der Waals surface area contributed by atoms with E-state index in [9.17, 15) is 39.8 Å². The van der Waals surface area contributed by atoms with Crippen molar-refractivity contribution in [3.63, 3.8) is 0 Å². The molecule has 1 rings (SSSR count). The minimum Gasteiger partial charge on any atom is -0.457 e. The summed E-state index contributed by atoms with van der Waals surface area (Å²) >= 11 is 0. The van der Waals surface area contributed by atoms with Gasteiger partial charge in [0.25, 0.3) is 0 Å². The summed E-state index contributed by atoms with van der Waals surface area (Å²) in [7, 11) is -5.02. The maximum Gasteiger partial charge on any atom is 0.472 e. The Labute approximate surface area is 382 Å². The van der Waals surface area contributed by atoms with Crippen LogP contribution in [0.4, 0.5) is 0 Å². The monoisotopic (exact) mass is 917 g/mol. The number of hydrogen-bond acceptors (Lipinski definition) is 11. The summed E-state index contributed by atoms with van der Waals surface area (Å²) in [5.74, 6) is -0.485. The van der Waals surface area contributed by atoms with Gasteiger partial charge < -0.3 is 39.9 Å². The summed E-state index contributed by atoms with van der Waals surface area (Å²) in [6, 6.07) is 0. The van der Waals surface area contributed by atoms with Crippen LogP contribution in [0.3, 0.4) is 0 Å². The second-order valence-corrected chi connectivity index (χ2v) is 19.1. The lowest BCUT2D eigenvalue weighted by molar-refractivity contribution is -0.220. The maximum absolute atomic E-state index is 12.8. The van der Waals surface area contributed by atoms with Crippen LogP contribution < -0.4 is 0 Å². The molecule has 0 radical (unpaired) electrons. The van der Waals surface area contributed by atoms with E-state index in [4.69, 9.17) is 18.5 Å². The molecular weight excluding hydrogens is 824 g/mol. The first-order valence-corrected chi connectivity index (χ1v) is 26.8. The summed E-state index contributed by atoms with van der Waals surface area (Å²) < 4.78 is 34.3. The second-order valence-electron chi connectivity index (χ2n) is 17.7. The van der Waals surface area contributed by atoms with Crippen LogP contribution in [0.2, 0.25) is 0 Å². The maximum atomic E-state index is 12.8. The molecule has 0 saturated heterocycles. The van der Waals surface area contributed by atoms with Crippen molar-refractivity contribution in [3.05, 3.63) is 36.5 Å². The van der Waals surface area contributed by atoms with Gasteiger partial charge in [-0.2, -0.15) is 0 Å². The molecule has 0 aromatic carbocycles. The molecule has 13 heteroatoms. The number of ether oxygens (including phenoxy) is 2. The van der Waals surface area contributed by atoms with E-state index in [-0.39, 0.29) is 13.0 Å². The number of carbonyl (C=O) groups excluding carboxylic acids is 1. The van der Waals surface area contributed by atoms with E-state index < -0.39 is 63.1 Å². The van der Waals surface area contributed by atoms with Crippen LogP contribution in [0.1, 0.15) is 213 Å². The van der Waals surface area contributed by atoms with Crippen molar-refractivity contribution in [1.29, 1.82) is 0 Å². The number of phosphoric ester groups is 1. The molecule has 6 unspecified atom stereocenters. The van der Waals surface area contributed by atoms with Crippen molar-refractivity contribution >= 4 is 13.8 Å². The first-order chi connectivity index (χ1) is 30.5. The molecule has 370 valence electrons. The Balaban J connectivity index is 2.36. The van der Waals surface area contributed by atoms with E-state index in [1.54, 1.807) is 0 Å². The highest BCUT2D eigenvalue weighted by Crippen LogP contribution is 2.47. The van der Waals surface area contributed by atoms with Crippen LogP contribution in [0, 0.1) is 0 Å². The van der Waals surface area contributed by atoms with Crippen LogP contribution in [0.15, 0.2) is 36.5 Å². The van der Waals surface area contributed by atoms with Gasteiger partial charge in [-0.05, 0) is 70.6 Å². The molecule has 0 bridgehead atoms. The molecule has 0 aliphatic heterocycles. The summed E-state index contributed by atoms with van der Waals surface area (Å²) in [6.45, 7) is 4.24. The van der Waals surface area contributed by atoms with Gasteiger partial charge in [0, 0.05) is 13.0 Å². The zero-order valence-corrected chi connectivity index (χ0v) is 40.5. The molecular formula is C50H93O12P. The Bertz CT molecular complexity index is 1180. The average molecular weight is 917 g/mol. The fourth-order valence-electron chi connectivity index (χ4n) is 7.68. The van der Waals surface area contributed by atoms with E-state index in [0.29, 0.717) is 13.0 Å². The van der Waals surface area contributed by atoms with Crippen LogP contribution in [0.5, 0.6) is 0 Å². The van der Waals surface area contributed by atoms with Gasteiger partial charge in [-0.3, -0.25) is 13.8 Å². The van der Waals surface area contributed by atoms with Crippen LogP contribution in [-0.4, -0.2) is 98.9 Å². The SMILES string of the molecule is CCCCC/C=C\C/C=C\CCCCCCCCCC(=O)OC(COCCCCCCCCCC/C=C\CCCCCCCCC)COP(=O)(O)OC1C(O)C(O)C(O)C(O)C1O. The number of phosphoric acid groups is 1. The third-order valence-electron chi connectivity index (χ3n) is 11.7. The summed E-state index contributed by atoms with van der Waals surface area (Å²) in [6.07, 6.45) is 36.3. The number of rotatable bonds is 43. The normalized spacial score (nSPS) is 22.1. The lowest BCUT2D eigenvalue weighted by Gasteiger charge is -2.41. The van der Waals surface area contributed by atoms with Crippen LogP contribution >= 0.6 is 7.82 Å². The van der Waals surface area contributed by atoms with Crippen molar-refractivity contribution in [1.82, 2.24) is 0 Å². The molecule has 1 aliphatic rings. The quantitative estimate of drug-likeness (QED) is 0.0147. The molecule has 0 amide bonds. The van der Waals surface area contributed by atoms with Crippen LogP contribution in [0.25, 0.3) is 0 Å². The minimum atomic E-state index is -5.02. The molecule has 12 nitrogen and oxygen atoms in total. The number of aliphatic hydroxyl groups excluding tert-OH is 5. The molecule has 1 fully saturated rings. The Morgan fingerprint density at radius 2 is 0.889 bits per heavy atom. The van der Waals surface area contributed by atoms with E-state index >= 15 is 0 Å². The van der Waals surface area contributed by atoms with E-state index in [1.165, 1.54) is 128 Å². The lowest BCUT2D eigenvalue weighted by Crippen LogP contribution is -2.64. The predicted octanol–water partition coefficient (Wildman–Crippen LogP) is 11.0. The number of allylic oxidation sites excluding steroid dienone is 6. The van der Waals surface area contributed by atoms with E-state index in [1.807, 2.05) is 0 Å². The zero-order chi connectivity index (χ0) is 46.2. The Hall–Kier alpha value is -1.44. The Kier molecular flexibility index (Phi) is 38.6. The van der Waals surface area contributed by atoms with Crippen molar-refractivity contribution in [3.8, 4) is 0 Å². The van der Waals surface area contributed by atoms with Gasteiger partial charge in [-0.15, -0.1) is 0 Å². The van der Waals surface area contributed by atoms with Crippen molar-refractivity contribution < 1.29 is 58.3 Å². The van der Waals surface area contributed by atoms with Gasteiger partial charge in [-0.25, -0.2) is 4.57 Å². The van der Waals surface area contributed by atoms with Gasteiger partial charge in [0.2, 0.25) is 0 Å². The highest BCUT2D eigenvalue weighted by Gasteiger charge is 2.51. The smallest absolute Gasteiger partial charge is 0.457 e. The molecule has 63 heavy (non-hydrogen) atoms. The summed E-state index contributed by atoms with van der Waals surface area (Å²) in [5.41, 5.74) is 0. The van der Waals surface area contributed by atoms with Gasteiger partial charge in [0.1, 0.15) is 42.7 Å². The van der Waals surface area contributed by atoms with Gasteiger partial charge >= 0.3 is 13.8 Å². The number of hydrogen-bond donors (Lipinski definition) is 6. The van der Waals surface area contributed by atoms with Crippen molar-refractivity contribution in [2.24, 2.45) is 0 Å². The van der Waals surface area contributed by atoms with Crippen LogP contribution in [-0.2, 0) is 27.9 Å². The largest absolute Gasteiger partial charge is 0.472 e. The Morgan fingerprint density at radius 3 is 1.38 bits per heavy atom. The van der Waals surface area contributed by atoms with Gasteiger partial charge in [0.15, 0.2) is 0 Å². The zero-order valence-electron chi connectivity index (χ0n) is 39.6. The number of carbonyl (C=O) groups is 1. The minimum absolute atomic E-state index is 0.0809. The standard InChI is InChI=1S/C50H93O12P/c1-3-5-7-9-11-13-15-17-19-21-22-24-26-28-30-32-34-36-38-40-59-41-43(42-60-63(57,58)62-50-48(55)46(53)45(52)47(54)49(50)56)61-44(51)39-37-35-33-31-29-27-25-23-20-18-16-14-12-10-8-6-4-2/h12,14,18-21,43,45-50,52-56H,3-11,13,15-17,22-42H2,1-2H3,(H,57,58)/b14-12-,20-18-,21-19-. The fraction of sp³-hybridized carbons (Fsp3) is 0.860. The third kappa shape index (κ3) is 32.8. The predicted molar refractivity (Wildman–Crippen MR) is 253 cm³/mol. The highest BCUT2D eigenvalue weighted by atomic mass is 31.2. The molecule has 6 atom stereocenters. The van der Waals surface area contributed by atoms with Gasteiger partial charge in [0.05, 0.1) is 13.2 Å². The van der Waals surface area contributed by atoms with Gasteiger partial charge in [-0.1, -0.05) is 172 Å². The molecule has 6 N–H and O–H groups in total.